The van der Waals surface area contributed by atoms with Crippen LogP contribution in [-0.4, -0.2) is 26.9 Å². The Hall–Kier alpha value is -3.93. The number of imidazole rings is 1. The van der Waals surface area contributed by atoms with Gasteiger partial charge < -0.3 is 14.8 Å². The van der Waals surface area contributed by atoms with Crippen LogP contribution in [0.25, 0.3) is 11.3 Å². The number of benzene rings is 3. The second kappa shape index (κ2) is 9.14. The van der Waals surface area contributed by atoms with Crippen molar-refractivity contribution in [3.05, 3.63) is 101 Å². The maximum absolute atomic E-state index is 13.6. The van der Waals surface area contributed by atoms with E-state index in [2.05, 4.69) is 28.9 Å². The highest BCUT2D eigenvalue weighted by atomic mass is 19.1. The van der Waals surface area contributed by atoms with Gasteiger partial charge in [-0.05, 0) is 55.8 Å². The van der Waals surface area contributed by atoms with Gasteiger partial charge in [0.1, 0.15) is 23.2 Å². The van der Waals surface area contributed by atoms with Crippen LogP contribution in [0, 0.1) is 19.7 Å². The Kier molecular flexibility index (Phi) is 5.88. The van der Waals surface area contributed by atoms with E-state index in [1.807, 2.05) is 48.2 Å². The summed E-state index contributed by atoms with van der Waals surface area (Å²) < 4.78 is 15.7. The first kappa shape index (κ1) is 21.9. The first-order valence-corrected chi connectivity index (χ1v) is 11.5. The zero-order chi connectivity index (χ0) is 23.7. The summed E-state index contributed by atoms with van der Waals surface area (Å²) in [6.45, 7) is 5.78. The molecule has 0 fully saturated rings. The molecule has 0 aliphatic carbocycles. The number of hydrogen-bond acceptors (Lipinski definition) is 3. The van der Waals surface area contributed by atoms with Gasteiger partial charge in [-0.3, -0.25) is 4.79 Å². The molecular formula is C28H27FN4O. The number of nitrogens with zero attached hydrogens (tertiary/aromatic N) is 3. The van der Waals surface area contributed by atoms with Crippen LogP contribution in [0.1, 0.15) is 22.5 Å². The number of rotatable bonds is 5. The Labute approximate surface area is 198 Å². The van der Waals surface area contributed by atoms with Crippen LogP contribution in [0.5, 0.6) is 0 Å². The highest BCUT2D eigenvalue weighted by molar-refractivity contribution is 5.80. The average Bonchev–Trinajstić information content (AvgIpc) is 3.20. The fourth-order valence-electron chi connectivity index (χ4n) is 4.25. The monoisotopic (exact) mass is 454 g/mol. The quantitative estimate of drug-likeness (QED) is 0.425. The third-order valence-corrected chi connectivity index (χ3v) is 6.23. The molecule has 1 amide bonds. The summed E-state index contributed by atoms with van der Waals surface area (Å²) in [4.78, 5) is 19.8. The first-order chi connectivity index (χ1) is 16.5. The maximum Gasteiger partial charge on any atom is 0.227 e. The van der Waals surface area contributed by atoms with Gasteiger partial charge in [0.05, 0.1) is 13.0 Å². The number of anilines is 2. The van der Waals surface area contributed by atoms with Crippen LogP contribution < -0.4 is 5.32 Å². The van der Waals surface area contributed by atoms with Gasteiger partial charge in [0.25, 0.3) is 0 Å². The molecule has 5 rings (SSSR count). The third kappa shape index (κ3) is 4.57. The largest absolute Gasteiger partial charge is 0.340 e. The second-order valence-corrected chi connectivity index (χ2v) is 8.85. The van der Waals surface area contributed by atoms with Crippen molar-refractivity contribution in [2.75, 3.05) is 11.9 Å². The lowest BCUT2D eigenvalue weighted by atomic mass is 10.1. The van der Waals surface area contributed by atoms with Crippen molar-refractivity contribution in [3.63, 3.8) is 0 Å². The molecule has 1 N–H and O–H groups in total. The summed E-state index contributed by atoms with van der Waals surface area (Å²) in [5, 5.41) is 3.51. The molecule has 1 aliphatic rings. The van der Waals surface area contributed by atoms with Crippen LogP contribution >= 0.6 is 0 Å². The number of halogens is 1. The molecule has 1 aromatic heterocycles. The minimum absolute atomic E-state index is 0.0921. The van der Waals surface area contributed by atoms with E-state index in [4.69, 9.17) is 4.98 Å². The number of aromatic nitrogens is 2. The van der Waals surface area contributed by atoms with E-state index >= 15 is 0 Å². The van der Waals surface area contributed by atoms with Gasteiger partial charge in [0, 0.05) is 24.3 Å². The van der Waals surface area contributed by atoms with Gasteiger partial charge >= 0.3 is 0 Å². The molecule has 172 valence electrons. The summed E-state index contributed by atoms with van der Waals surface area (Å²) in [5.74, 6) is 1.48. The zero-order valence-corrected chi connectivity index (χ0v) is 19.4. The van der Waals surface area contributed by atoms with Crippen LogP contribution in [0.3, 0.4) is 0 Å². The van der Waals surface area contributed by atoms with E-state index in [0.29, 0.717) is 26.1 Å². The molecule has 3 aromatic carbocycles. The van der Waals surface area contributed by atoms with E-state index < -0.39 is 0 Å². The van der Waals surface area contributed by atoms with Crippen molar-refractivity contribution >= 4 is 17.4 Å². The molecular weight excluding hydrogens is 427 g/mol. The Balaban J connectivity index is 1.44. The zero-order valence-electron chi connectivity index (χ0n) is 19.4. The first-order valence-electron chi connectivity index (χ1n) is 11.5. The van der Waals surface area contributed by atoms with Crippen molar-refractivity contribution in [2.45, 2.75) is 33.4 Å². The Morgan fingerprint density at radius 2 is 1.56 bits per heavy atom. The number of amides is 1. The standard InChI is InChI=1S/C28H27FN4O/c1-19-3-7-21(8-4-19)17-26(34)32-15-16-33-25(18-32)31-27(22-9-11-23(29)12-10-22)28(33)30-24-13-5-20(2)6-14-24/h3-14,30H,15-18H2,1-2H3. The lowest BCUT2D eigenvalue weighted by Crippen LogP contribution is -2.39. The Morgan fingerprint density at radius 3 is 2.24 bits per heavy atom. The van der Waals surface area contributed by atoms with E-state index in [9.17, 15) is 9.18 Å². The minimum Gasteiger partial charge on any atom is -0.340 e. The molecule has 0 radical (unpaired) electrons. The van der Waals surface area contributed by atoms with Gasteiger partial charge in [-0.2, -0.15) is 0 Å². The summed E-state index contributed by atoms with van der Waals surface area (Å²) in [7, 11) is 0. The highest BCUT2D eigenvalue weighted by Gasteiger charge is 2.27. The number of carbonyl (C=O) groups excluding carboxylic acids is 1. The van der Waals surface area contributed by atoms with Crippen molar-refractivity contribution in [1.29, 1.82) is 0 Å². The highest BCUT2D eigenvalue weighted by Crippen LogP contribution is 2.33. The van der Waals surface area contributed by atoms with Gasteiger partial charge in [0.2, 0.25) is 5.91 Å². The second-order valence-electron chi connectivity index (χ2n) is 8.85. The number of hydrogen-bond donors (Lipinski definition) is 1. The normalized spacial score (nSPS) is 13.0. The maximum atomic E-state index is 13.6. The van der Waals surface area contributed by atoms with E-state index in [-0.39, 0.29) is 11.7 Å². The molecule has 4 aromatic rings. The van der Waals surface area contributed by atoms with Gasteiger partial charge in [-0.25, -0.2) is 9.37 Å². The lowest BCUT2D eigenvalue weighted by Gasteiger charge is -2.29. The topological polar surface area (TPSA) is 50.2 Å². The molecule has 6 heteroatoms. The van der Waals surface area contributed by atoms with E-state index in [0.717, 1.165) is 34.2 Å². The summed E-state index contributed by atoms with van der Waals surface area (Å²) in [6.07, 6.45) is 0.375. The predicted molar refractivity (Wildman–Crippen MR) is 132 cm³/mol. The lowest BCUT2D eigenvalue weighted by molar-refractivity contribution is -0.132. The fourth-order valence-corrected chi connectivity index (χ4v) is 4.25. The molecule has 34 heavy (non-hydrogen) atoms. The molecule has 1 aliphatic heterocycles. The molecule has 0 spiro atoms. The average molecular weight is 455 g/mol. The van der Waals surface area contributed by atoms with Gasteiger partial charge in [0.15, 0.2) is 0 Å². The number of nitrogens with one attached hydrogen (secondary N) is 1. The van der Waals surface area contributed by atoms with Gasteiger partial charge in [-0.1, -0.05) is 47.5 Å². The molecule has 5 nitrogen and oxygen atoms in total. The van der Waals surface area contributed by atoms with Crippen molar-refractivity contribution in [3.8, 4) is 11.3 Å². The molecule has 0 saturated heterocycles. The van der Waals surface area contributed by atoms with Crippen LogP contribution in [0.15, 0.2) is 72.8 Å². The van der Waals surface area contributed by atoms with Crippen molar-refractivity contribution in [1.82, 2.24) is 14.5 Å². The molecule has 0 atom stereocenters. The number of fused-ring (bicyclic) bond motifs is 1. The summed E-state index contributed by atoms with van der Waals surface area (Å²) in [5.41, 5.74) is 5.91. The molecule has 0 unspecified atom stereocenters. The van der Waals surface area contributed by atoms with Crippen LogP contribution in [-0.2, 0) is 24.3 Å². The van der Waals surface area contributed by atoms with Crippen LogP contribution in [0.4, 0.5) is 15.9 Å². The molecule has 2 heterocycles. The van der Waals surface area contributed by atoms with Crippen molar-refractivity contribution in [2.24, 2.45) is 0 Å². The number of carbonyl (C=O) groups is 1. The molecule has 0 saturated carbocycles. The van der Waals surface area contributed by atoms with Crippen molar-refractivity contribution < 1.29 is 9.18 Å². The smallest absolute Gasteiger partial charge is 0.227 e. The Morgan fingerprint density at radius 1 is 0.912 bits per heavy atom. The number of aryl methyl sites for hydroxylation is 2. The van der Waals surface area contributed by atoms with E-state index in [1.165, 1.54) is 23.3 Å². The minimum atomic E-state index is -0.284. The summed E-state index contributed by atoms with van der Waals surface area (Å²) >= 11 is 0. The predicted octanol–water partition coefficient (Wildman–Crippen LogP) is 5.63. The van der Waals surface area contributed by atoms with E-state index in [1.54, 1.807) is 12.1 Å². The molecule has 0 bridgehead atoms. The van der Waals surface area contributed by atoms with Crippen LogP contribution in [0.2, 0.25) is 0 Å². The SMILES string of the molecule is Cc1ccc(CC(=O)N2CCn3c(nc(-c4ccc(F)cc4)c3Nc3ccc(C)cc3)C2)cc1. The third-order valence-electron chi connectivity index (χ3n) is 6.23. The fraction of sp³-hybridized carbons (Fsp3) is 0.214. The Bertz CT molecular complexity index is 1310. The summed E-state index contributed by atoms with van der Waals surface area (Å²) in [6, 6.07) is 22.6. The van der Waals surface area contributed by atoms with Gasteiger partial charge in [-0.15, -0.1) is 0 Å².